The summed E-state index contributed by atoms with van der Waals surface area (Å²) in [5.41, 5.74) is 2.41. The molecule has 32 heavy (non-hydrogen) atoms. The fourth-order valence-electron chi connectivity index (χ4n) is 3.94. The van der Waals surface area contributed by atoms with Crippen molar-refractivity contribution in [2.24, 2.45) is 11.8 Å². The van der Waals surface area contributed by atoms with Crippen LogP contribution in [0.3, 0.4) is 0 Å². The number of ketones is 1. The molecule has 5 nitrogen and oxygen atoms in total. The fourth-order valence-corrected chi connectivity index (χ4v) is 3.94. The molecule has 0 amide bonds. The predicted octanol–water partition coefficient (Wildman–Crippen LogP) is 5.52. The molecule has 2 rings (SSSR count). The Balaban J connectivity index is 1.88. The number of esters is 2. The molecule has 176 valence electrons. The highest BCUT2D eigenvalue weighted by Gasteiger charge is 2.27. The summed E-state index contributed by atoms with van der Waals surface area (Å²) in [6, 6.07) is 8.27. The number of ether oxygens (including phenoxy) is 2. The molecular weight excluding hydrogens is 404 g/mol. The lowest BCUT2D eigenvalue weighted by atomic mass is 9.93. The maximum Gasteiger partial charge on any atom is 0.310 e. The van der Waals surface area contributed by atoms with Crippen LogP contribution in [0, 0.1) is 18.8 Å². The highest BCUT2D eigenvalue weighted by atomic mass is 16.5. The van der Waals surface area contributed by atoms with Crippen LogP contribution in [0.5, 0.6) is 0 Å². The van der Waals surface area contributed by atoms with Crippen molar-refractivity contribution in [1.29, 1.82) is 0 Å². The first-order valence-corrected chi connectivity index (χ1v) is 12.0. The van der Waals surface area contributed by atoms with Gasteiger partial charge in [-0.2, -0.15) is 0 Å². The number of benzene rings is 1. The van der Waals surface area contributed by atoms with Gasteiger partial charge in [-0.1, -0.05) is 68.7 Å². The molecule has 0 radical (unpaired) electrons. The molecule has 1 aromatic carbocycles. The van der Waals surface area contributed by atoms with Crippen LogP contribution in [-0.2, 0) is 30.3 Å². The number of aryl methyl sites for hydroxylation is 1. The largest absolute Gasteiger partial charge is 0.465 e. The molecule has 1 saturated heterocycles. The van der Waals surface area contributed by atoms with Crippen molar-refractivity contribution in [2.75, 3.05) is 6.61 Å². The molecule has 1 aliphatic rings. The molecule has 0 saturated carbocycles. The van der Waals surface area contributed by atoms with Crippen molar-refractivity contribution in [3.8, 4) is 0 Å². The fraction of sp³-hybridized carbons (Fsp3) is 0.593. The summed E-state index contributed by atoms with van der Waals surface area (Å²) in [5, 5.41) is 0. The molecular formula is C27H38O5. The number of hydrogen-bond acceptors (Lipinski definition) is 5. The van der Waals surface area contributed by atoms with Gasteiger partial charge in [-0.25, -0.2) is 0 Å². The molecule has 1 aliphatic heterocycles. The number of cyclic esters (lactones) is 1. The van der Waals surface area contributed by atoms with E-state index in [0.29, 0.717) is 25.9 Å². The monoisotopic (exact) mass is 442 g/mol. The van der Waals surface area contributed by atoms with Gasteiger partial charge in [0.05, 0.1) is 18.9 Å². The van der Waals surface area contributed by atoms with E-state index in [2.05, 4.69) is 25.1 Å². The van der Waals surface area contributed by atoms with Gasteiger partial charge in [0, 0.05) is 5.92 Å². The number of carbonyl (C=O) groups excluding carboxylic acids is 3. The molecule has 1 fully saturated rings. The molecule has 3 unspecified atom stereocenters. The van der Waals surface area contributed by atoms with E-state index in [9.17, 15) is 14.4 Å². The van der Waals surface area contributed by atoms with Crippen LogP contribution in [0.15, 0.2) is 36.4 Å². The number of carbonyl (C=O) groups is 3. The molecule has 0 aliphatic carbocycles. The summed E-state index contributed by atoms with van der Waals surface area (Å²) in [5.74, 6) is -0.872. The smallest absolute Gasteiger partial charge is 0.310 e. The summed E-state index contributed by atoms with van der Waals surface area (Å²) in [7, 11) is 0. The van der Waals surface area contributed by atoms with E-state index in [0.717, 1.165) is 32.1 Å². The minimum atomic E-state index is -0.689. The van der Waals surface area contributed by atoms with Crippen LogP contribution in [0.25, 0.3) is 0 Å². The number of rotatable bonds is 5. The van der Waals surface area contributed by atoms with Gasteiger partial charge in [-0.15, -0.1) is 0 Å². The first kappa shape index (κ1) is 25.8. The summed E-state index contributed by atoms with van der Waals surface area (Å²) in [4.78, 5) is 37.3. The van der Waals surface area contributed by atoms with Gasteiger partial charge in [0.15, 0.2) is 11.9 Å². The van der Waals surface area contributed by atoms with Crippen LogP contribution in [0.1, 0.15) is 76.3 Å². The highest BCUT2D eigenvalue weighted by Crippen LogP contribution is 2.20. The number of hydrogen-bond donors (Lipinski definition) is 0. The van der Waals surface area contributed by atoms with E-state index in [1.165, 1.54) is 11.1 Å². The van der Waals surface area contributed by atoms with Crippen molar-refractivity contribution in [3.05, 3.63) is 47.5 Å². The summed E-state index contributed by atoms with van der Waals surface area (Å²) < 4.78 is 10.9. The summed E-state index contributed by atoms with van der Waals surface area (Å²) in [6.45, 7) is 6.15. The Kier molecular flexibility index (Phi) is 11.2. The van der Waals surface area contributed by atoms with Gasteiger partial charge in [0.2, 0.25) is 0 Å². The van der Waals surface area contributed by atoms with Crippen LogP contribution in [0.4, 0.5) is 0 Å². The Morgan fingerprint density at radius 3 is 2.56 bits per heavy atom. The Morgan fingerprint density at radius 1 is 1.03 bits per heavy atom. The third-order valence-electron chi connectivity index (χ3n) is 6.00. The number of allylic oxidation sites excluding steroid dienone is 1. The van der Waals surface area contributed by atoms with Gasteiger partial charge in [0.1, 0.15) is 0 Å². The lowest BCUT2D eigenvalue weighted by molar-refractivity contribution is -0.156. The maximum atomic E-state index is 12.9. The Bertz CT molecular complexity index is 782. The molecule has 1 aromatic rings. The average molecular weight is 443 g/mol. The molecule has 0 N–H and O–H groups in total. The van der Waals surface area contributed by atoms with E-state index in [1.54, 1.807) is 0 Å². The quantitative estimate of drug-likeness (QED) is 0.443. The summed E-state index contributed by atoms with van der Waals surface area (Å²) >= 11 is 0. The van der Waals surface area contributed by atoms with Crippen LogP contribution in [-0.4, -0.2) is 30.4 Å². The van der Waals surface area contributed by atoms with Crippen LogP contribution >= 0.6 is 0 Å². The average Bonchev–Trinajstić information content (AvgIpc) is 2.77. The first-order chi connectivity index (χ1) is 15.4. The van der Waals surface area contributed by atoms with Crippen LogP contribution < -0.4 is 0 Å². The summed E-state index contributed by atoms with van der Waals surface area (Å²) in [6.07, 6.45) is 9.17. The van der Waals surface area contributed by atoms with Crippen molar-refractivity contribution in [3.63, 3.8) is 0 Å². The molecule has 0 aromatic heterocycles. The van der Waals surface area contributed by atoms with Gasteiger partial charge in [-0.05, 0) is 51.0 Å². The van der Waals surface area contributed by atoms with Gasteiger partial charge >= 0.3 is 11.9 Å². The van der Waals surface area contributed by atoms with Gasteiger partial charge in [-0.3, -0.25) is 14.4 Å². The maximum absolute atomic E-state index is 12.9. The Hall–Kier alpha value is -2.43. The molecule has 3 atom stereocenters. The van der Waals surface area contributed by atoms with Crippen molar-refractivity contribution >= 4 is 17.7 Å². The number of Topliss-reactive ketones (excluding diaryl/α,β-unsaturated/α-hetero) is 1. The zero-order valence-electron chi connectivity index (χ0n) is 19.8. The lowest BCUT2D eigenvalue weighted by Crippen LogP contribution is -2.32. The minimum absolute atomic E-state index is 0.0288. The Morgan fingerprint density at radius 2 is 1.78 bits per heavy atom. The second kappa shape index (κ2) is 13.9. The van der Waals surface area contributed by atoms with Gasteiger partial charge < -0.3 is 9.47 Å². The lowest BCUT2D eigenvalue weighted by Gasteiger charge is -2.21. The Labute approximate surface area is 192 Å². The zero-order valence-corrected chi connectivity index (χ0v) is 19.8. The van der Waals surface area contributed by atoms with Crippen molar-refractivity contribution in [1.82, 2.24) is 0 Å². The second-order valence-electron chi connectivity index (χ2n) is 9.00. The minimum Gasteiger partial charge on any atom is -0.465 e. The van der Waals surface area contributed by atoms with E-state index >= 15 is 0 Å². The third kappa shape index (κ3) is 9.37. The first-order valence-electron chi connectivity index (χ1n) is 12.0. The molecule has 1 heterocycles. The van der Waals surface area contributed by atoms with E-state index < -0.39 is 6.10 Å². The normalized spacial score (nSPS) is 24.0. The third-order valence-corrected chi connectivity index (χ3v) is 6.00. The molecule has 0 bridgehead atoms. The van der Waals surface area contributed by atoms with E-state index in [1.807, 2.05) is 32.1 Å². The predicted molar refractivity (Wildman–Crippen MR) is 125 cm³/mol. The SMILES string of the molecule is Cc1cccc(CC=CCC(=O)OC2CCCCCC(C)C(=O)OCCCC(C)C2=O)c1. The zero-order chi connectivity index (χ0) is 23.3. The molecule has 0 spiro atoms. The van der Waals surface area contributed by atoms with Crippen molar-refractivity contribution < 1.29 is 23.9 Å². The molecule has 5 heteroatoms. The van der Waals surface area contributed by atoms with E-state index in [4.69, 9.17) is 9.47 Å². The van der Waals surface area contributed by atoms with E-state index in [-0.39, 0.29) is 36.0 Å². The second-order valence-corrected chi connectivity index (χ2v) is 9.00. The van der Waals surface area contributed by atoms with Crippen LogP contribution in [0.2, 0.25) is 0 Å². The van der Waals surface area contributed by atoms with Gasteiger partial charge in [0.25, 0.3) is 0 Å². The van der Waals surface area contributed by atoms with Crippen molar-refractivity contribution in [2.45, 2.75) is 84.7 Å². The standard InChI is InChI=1S/C27H38O5/c1-20-11-9-15-23(19-20)14-7-8-17-25(28)32-24-16-6-4-5-12-22(3)27(30)31-18-10-13-21(2)26(24)29/h7-9,11,15,19,21-22,24H,4-6,10,12-14,16-18H2,1-3H3. The highest BCUT2D eigenvalue weighted by molar-refractivity contribution is 5.87. The topological polar surface area (TPSA) is 69.7 Å².